The average Bonchev–Trinajstić information content (AvgIpc) is 2.77. The average molecular weight is 296 g/mol. The van der Waals surface area contributed by atoms with Crippen LogP contribution in [0.15, 0.2) is 51.7 Å². The molecule has 3 aromatic rings. The summed E-state index contributed by atoms with van der Waals surface area (Å²) in [6.07, 6.45) is 0.315. The van der Waals surface area contributed by atoms with Crippen LogP contribution in [0.2, 0.25) is 0 Å². The summed E-state index contributed by atoms with van der Waals surface area (Å²) in [5, 5.41) is 2.85. The molecular formula is C17H16N2O3. The Morgan fingerprint density at radius 1 is 1.23 bits per heavy atom. The predicted octanol–water partition coefficient (Wildman–Crippen LogP) is 2.62. The van der Waals surface area contributed by atoms with E-state index in [1.807, 2.05) is 31.2 Å². The van der Waals surface area contributed by atoms with Crippen molar-refractivity contribution in [2.45, 2.75) is 13.3 Å². The first kappa shape index (κ1) is 14.1. The SMILES string of the molecule is Cc1ccccc1CC(=O)Nc1ccc2oc(=O)n(C)c2c1. The number of nitrogens with zero attached hydrogens (tertiary/aromatic N) is 1. The summed E-state index contributed by atoms with van der Waals surface area (Å²) in [6.45, 7) is 1.98. The molecule has 0 saturated carbocycles. The fourth-order valence-electron chi connectivity index (χ4n) is 2.39. The molecule has 0 saturated heterocycles. The highest BCUT2D eigenvalue weighted by atomic mass is 16.4. The monoisotopic (exact) mass is 296 g/mol. The van der Waals surface area contributed by atoms with E-state index in [4.69, 9.17) is 4.42 Å². The zero-order valence-electron chi connectivity index (χ0n) is 12.4. The molecule has 0 radical (unpaired) electrons. The van der Waals surface area contributed by atoms with Crippen molar-refractivity contribution < 1.29 is 9.21 Å². The summed E-state index contributed by atoms with van der Waals surface area (Å²) in [5.41, 5.74) is 3.88. The van der Waals surface area contributed by atoms with E-state index in [0.717, 1.165) is 11.1 Å². The summed E-state index contributed by atoms with van der Waals surface area (Å²) < 4.78 is 6.47. The molecule has 1 amide bonds. The lowest BCUT2D eigenvalue weighted by Gasteiger charge is -2.07. The van der Waals surface area contributed by atoms with Crippen LogP contribution in [-0.2, 0) is 18.3 Å². The largest absolute Gasteiger partial charge is 0.419 e. The molecule has 5 heteroatoms. The van der Waals surface area contributed by atoms with E-state index in [-0.39, 0.29) is 5.91 Å². The molecule has 1 heterocycles. The fourth-order valence-corrected chi connectivity index (χ4v) is 2.39. The number of oxazole rings is 1. The number of rotatable bonds is 3. The molecule has 0 aliphatic carbocycles. The zero-order chi connectivity index (χ0) is 15.7. The van der Waals surface area contributed by atoms with Crippen molar-refractivity contribution in [1.82, 2.24) is 4.57 Å². The van der Waals surface area contributed by atoms with E-state index in [1.54, 1.807) is 25.2 Å². The third-order valence-electron chi connectivity index (χ3n) is 3.69. The van der Waals surface area contributed by atoms with Crippen LogP contribution in [0, 0.1) is 6.92 Å². The van der Waals surface area contributed by atoms with Crippen molar-refractivity contribution in [2.75, 3.05) is 5.32 Å². The lowest BCUT2D eigenvalue weighted by molar-refractivity contribution is -0.115. The van der Waals surface area contributed by atoms with Gasteiger partial charge in [0.05, 0.1) is 11.9 Å². The van der Waals surface area contributed by atoms with Gasteiger partial charge in [-0.05, 0) is 36.2 Å². The molecule has 0 atom stereocenters. The molecular weight excluding hydrogens is 280 g/mol. The number of aryl methyl sites for hydroxylation is 2. The van der Waals surface area contributed by atoms with Crippen LogP contribution in [0.1, 0.15) is 11.1 Å². The number of carbonyl (C=O) groups is 1. The van der Waals surface area contributed by atoms with Crippen LogP contribution in [0.4, 0.5) is 5.69 Å². The van der Waals surface area contributed by atoms with Crippen molar-refractivity contribution in [3.63, 3.8) is 0 Å². The molecule has 0 unspecified atom stereocenters. The first-order chi connectivity index (χ1) is 10.5. The Morgan fingerprint density at radius 2 is 2.00 bits per heavy atom. The minimum absolute atomic E-state index is 0.0952. The third kappa shape index (κ3) is 2.65. The predicted molar refractivity (Wildman–Crippen MR) is 85.0 cm³/mol. The summed E-state index contributed by atoms with van der Waals surface area (Å²) in [4.78, 5) is 23.6. The highest BCUT2D eigenvalue weighted by Crippen LogP contribution is 2.18. The van der Waals surface area contributed by atoms with Crippen molar-refractivity contribution >= 4 is 22.7 Å². The number of hydrogen-bond acceptors (Lipinski definition) is 3. The number of hydrogen-bond donors (Lipinski definition) is 1. The van der Waals surface area contributed by atoms with Crippen molar-refractivity contribution in [1.29, 1.82) is 0 Å². The molecule has 0 aliphatic heterocycles. The Bertz CT molecular complexity index is 906. The number of fused-ring (bicyclic) bond motifs is 1. The van der Waals surface area contributed by atoms with Gasteiger partial charge < -0.3 is 9.73 Å². The lowest BCUT2D eigenvalue weighted by Crippen LogP contribution is -2.15. The van der Waals surface area contributed by atoms with Gasteiger partial charge in [0.15, 0.2) is 5.58 Å². The van der Waals surface area contributed by atoms with Crippen LogP contribution in [0.25, 0.3) is 11.1 Å². The van der Waals surface area contributed by atoms with E-state index in [9.17, 15) is 9.59 Å². The minimum atomic E-state index is -0.418. The quantitative estimate of drug-likeness (QED) is 0.808. The molecule has 0 bridgehead atoms. The van der Waals surface area contributed by atoms with Gasteiger partial charge in [0, 0.05) is 12.7 Å². The van der Waals surface area contributed by atoms with Gasteiger partial charge in [0.2, 0.25) is 5.91 Å². The highest BCUT2D eigenvalue weighted by Gasteiger charge is 2.09. The van der Waals surface area contributed by atoms with Crippen LogP contribution in [-0.4, -0.2) is 10.5 Å². The van der Waals surface area contributed by atoms with E-state index in [1.165, 1.54) is 4.57 Å². The molecule has 0 fully saturated rings. The summed E-state index contributed by atoms with van der Waals surface area (Å²) >= 11 is 0. The highest BCUT2D eigenvalue weighted by molar-refractivity contribution is 5.94. The van der Waals surface area contributed by atoms with Crippen molar-refractivity contribution in [2.24, 2.45) is 7.05 Å². The van der Waals surface area contributed by atoms with E-state index >= 15 is 0 Å². The number of nitrogens with one attached hydrogen (secondary N) is 1. The maximum Gasteiger partial charge on any atom is 0.419 e. The van der Waals surface area contributed by atoms with Gasteiger partial charge in [-0.25, -0.2) is 4.79 Å². The van der Waals surface area contributed by atoms with Gasteiger partial charge >= 0.3 is 5.76 Å². The van der Waals surface area contributed by atoms with Gasteiger partial charge in [0.1, 0.15) is 0 Å². The number of benzene rings is 2. The van der Waals surface area contributed by atoms with Crippen LogP contribution in [0.5, 0.6) is 0 Å². The third-order valence-corrected chi connectivity index (χ3v) is 3.69. The minimum Gasteiger partial charge on any atom is -0.408 e. The van der Waals surface area contributed by atoms with Crippen molar-refractivity contribution in [3.05, 3.63) is 64.1 Å². The topological polar surface area (TPSA) is 64.2 Å². The summed E-state index contributed by atoms with van der Waals surface area (Å²) in [6, 6.07) is 12.9. The van der Waals surface area contributed by atoms with Crippen LogP contribution >= 0.6 is 0 Å². The molecule has 1 aromatic heterocycles. The Morgan fingerprint density at radius 3 is 2.77 bits per heavy atom. The van der Waals surface area contributed by atoms with Gasteiger partial charge in [-0.1, -0.05) is 24.3 Å². The zero-order valence-corrected chi connectivity index (χ0v) is 12.4. The van der Waals surface area contributed by atoms with E-state index < -0.39 is 5.76 Å². The molecule has 22 heavy (non-hydrogen) atoms. The molecule has 112 valence electrons. The standard InChI is InChI=1S/C17H16N2O3/c1-11-5-3-4-6-12(11)9-16(20)18-13-7-8-15-14(10-13)19(2)17(21)22-15/h3-8,10H,9H2,1-2H3,(H,18,20). The first-order valence-corrected chi connectivity index (χ1v) is 6.98. The Hall–Kier alpha value is -2.82. The second-order valence-corrected chi connectivity index (χ2v) is 5.26. The number of anilines is 1. The van der Waals surface area contributed by atoms with Gasteiger partial charge in [0.25, 0.3) is 0 Å². The lowest BCUT2D eigenvalue weighted by atomic mass is 10.1. The maximum atomic E-state index is 12.2. The van der Waals surface area contributed by atoms with E-state index in [0.29, 0.717) is 23.2 Å². The Balaban J connectivity index is 1.81. The molecule has 0 spiro atoms. The summed E-state index contributed by atoms with van der Waals surface area (Å²) in [5.74, 6) is -0.513. The maximum absolute atomic E-state index is 12.2. The van der Waals surface area contributed by atoms with Gasteiger partial charge in [-0.3, -0.25) is 9.36 Å². The number of aromatic nitrogens is 1. The second kappa shape index (κ2) is 5.52. The molecule has 0 aliphatic rings. The first-order valence-electron chi connectivity index (χ1n) is 6.98. The Kier molecular flexibility index (Phi) is 3.55. The second-order valence-electron chi connectivity index (χ2n) is 5.26. The number of carbonyl (C=O) groups excluding carboxylic acids is 1. The summed E-state index contributed by atoms with van der Waals surface area (Å²) in [7, 11) is 1.63. The van der Waals surface area contributed by atoms with Gasteiger partial charge in [-0.15, -0.1) is 0 Å². The fraction of sp³-hybridized carbons (Fsp3) is 0.176. The number of amides is 1. The van der Waals surface area contributed by atoms with Gasteiger partial charge in [-0.2, -0.15) is 0 Å². The molecule has 3 rings (SSSR count). The van der Waals surface area contributed by atoms with Crippen LogP contribution in [0.3, 0.4) is 0 Å². The molecule has 2 aromatic carbocycles. The molecule has 5 nitrogen and oxygen atoms in total. The Labute approximate surface area is 127 Å². The van der Waals surface area contributed by atoms with E-state index in [2.05, 4.69) is 5.32 Å². The smallest absolute Gasteiger partial charge is 0.408 e. The normalized spacial score (nSPS) is 10.8. The molecule has 1 N–H and O–H groups in total. The van der Waals surface area contributed by atoms with Crippen LogP contribution < -0.4 is 11.1 Å². The van der Waals surface area contributed by atoms with Crippen molar-refractivity contribution in [3.8, 4) is 0 Å².